The number of fused-ring (bicyclic) bond motifs is 5. The number of hydrogen-bond acceptors (Lipinski definition) is 2. The van der Waals surface area contributed by atoms with Crippen LogP contribution in [0.3, 0.4) is 0 Å². The summed E-state index contributed by atoms with van der Waals surface area (Å²) >= 11 is 6.04. The van der Waals surface area contributed by atoms with E-state index in [1.165, 1.54) is 17.6 Å². The standard InChI is InChI=1S/C26H33ClO2/c1-25-11-9-20(28)15-18(25)5-8-21-22(25)10-12-26(2)23(21)14-17(24(26)29)13-16-3-6-19(27)7-4-16/h3-7,13,20-24,28-29H,8-12,14-15H2,1-2H3/b17-13+/t20-,21-,22+,23-,24+,25+,26-/m1/s1. The van der Waals surface area contributed by atoms with Crippen molar-refractivity contribution in [3.05, 3.63) is 52.1 Å². The first-order valence-corrected chi connectivity index (χ1v) is 11.7. The normalized spacial score (nSPS) is 45.3. The summed E-state index contributed by atoms with van der Waals surface area (Å²) in [4.78, 5) is 0. The first-order valence-electron chi connectivity index (χ1n) is 11.3. The first-order chi connectivity index (χ1) is 13.8. The Morgan fingerprint density at radius 1 is 1.00 bits per heavy atom. The van der Waals surface area contributed by atoms with E-state index in [0.29, 0.717) is 17.8 Å². The van der Waals surface area contributed by atoms with Crippen molar-refractivity contribution in [1.82, 2.24) is 0 Å². The Labute approximate surface area is 179 Å². The first kappa shape index (κ1) is 19.8. The third kappa shape index (κ3) is 3.06. The van der Waals surface area contributed by atoms with Gasteiger partial charge in [-0.05, 0) is 91.4 Å². The van der Waals surface area contributed by atoms with Gasteiger partial charge in [0.05, 0.1) is 12.2 Å². The molecule has 0 amide bonds. The largest absolute Gasteiger partial charge is 0.393 e. The van der Waals surface area contributed by atoms with Gasteiger partial charge >= 0.3 is 0 Å². The maximum atomic E-state index is 11.3. The lowest BCUT2D eigenvalue weighted by Crippen LogP contribution is -2.51. The maximum absolute atomic E-state index is 11.3. The molecule has 2 N–H and O–H groups in total. The molecule has 3 heteroatoms. The third-order valence-corrected chi connectivity index (χ3v) is 9.42. The van der Waals surface area contributed by atoms with Crippen molar-refractivity contribution in [3.8, 4) is 0 Å². The molecule has 4 aliphatic rings. The quantitative estimate of drug-likeness (QED) is 0.554. The van der Waals surface area contributed by atoms with Crippen LogP contribution >= 0.6 is 11.6 Å². The van der Waals surface area contributed by atoms with Crippen molar-refractivity contribution in [1.29, 1.82) is 0 Å². The molecule has 0 saturated heterocycles. The fraction of sp³-hybridized carbons (Fsp3) is 0.615. The summed E-state index contributed by atoms with van der Waals surface area (Å²) in [6.45, 7) is 4.79. The molecule has 3 fully saturated rings. The van der Waals surface area contributed by atoms with Crippen molar-refractivity contribution >= 4 is 17.7 Å². The highest BCUT2D eigenvalue weighted by Gasteiger charge is 2.59. The molecule has 2 nitrogen and oxygen atoms in total. The zero-order valence-corrected chi connectivity index (χ0v) is 18.3. The molecule has 156 valence electrons. The van der Waals surface area contributed by atoms with Crippen LogP contribution in [0.25, 0.3) is 6.08 Å². The van der Waals surface area contributed by atoms with Crippen molar-refractivity contribution in [3.63, 3.8) is 0 Å². The minimum atomic E-state index is -0.351. The summed E-state index contributed by atoms with van der Waals surface area (Å²) in [6.07, 6.45) is 11.5. The number of rotatable bonds is 1. The second kappa shape index (κ2) is 6.97. The lowest BCUT2D eigenvalue weighted by Gasteiger charge is -2.57. The summed E-state index contributed by atoms with van der Waals surface area (Å²) in [5.74, 6) is 1.87. The molecule has 0 aliphatic heterocycles. The van der Waals surface area contributed by atoms with Gasteiger partial charge in [0.1, 0.15) is 0 Å². The van der Waals surface area contributed by atoms with E-state index >= 15 is 0 Å². The molecule has 1 aromatic carbocycles. The average molecular weight is 413 g/mol. The van der Waals surface area contributed by atoms with Crippen LogP contribution in [-0.2, 0) is 0 Å². The van der Waals surface area contributed by atoms with Gasteiger partial charge in [0, 0.05) is 10.4 Å². The van der Waals surface area contributed by atoms with Gasteiger partial charge in [-0.2, -0.15) is 0 Å². The van der Waals surface area contributed by atoms with Gasteiger partial charge in [-0.3, -0.25) is 0 Å². The van der Waals surface area contributed by atoms with Crippen LogP contribution < -0.4 is 0 Å². The highest BCUT2D eigenvalue weighted by Crippen LogP contribution is 2.65. The lowest BCUT2D eigenvalue weighted by atomic mass is 9.48. The van der Waals surface area contributed by atoms with E-state index < -0.39 is 0 Å². The van der Waals surface area contributed by atoms with Crippen molar-refractivity contribution in [2.75, 3.05) is 0 Å². The molecule has 1 aromatic rings. The van der Waals surface area contributed by atoms with E-state index in [4.69, 9.17) is 11.6 Å². The summed E-state index contributed by atoms with van der Waals surface area (Å²) < 4.78 is 0. The van der Waals surface area contributed by atoms with Crippen LogP contribution in [0.1, 0.15) is 64.4 Å². The number of halogens is 1. The van der Waals surface area contributed by atoms with E-state index in [1.807, 2.05) is 24.3 Å². The van der Waals surface area contributed by atoms with Gasteiger partial charge < -0.3 is 10.2 Å². The van der Waals surface area contributed by atoms with Crippen molar-refractivity contribution in [2.24, 2.45) is 28.6 Å². The second-order valence-electron chi connectivity index (χ2n) is 10.6. The molecular formula is C26H33ClO2. The van der Waals surface area contributed by atoms with Crippen LogP contribution in [0.4, 0.5) is 0 Å². The van der Waals surface area contributed by atoms with E-state index in [-0.39, 0.29) is 23.0 Å². The van der Waals surface area contributed by atoms with Crippen LogP contribution in [0.2, 0.25) is 5.02 Å². The fourth-order valence-corrected chi connectivity index (χ4v) is 7.54. The summed E-state index contributed by atoms with van der Waals surface area (Å²) in [7, 11) is 0. The van der Waals surface area contributed by atoms with Crippen molar-refractivity contribution in [2.45, 2.75) is 71.0 Å². The monoisotopic (exact) mass is 412 g/mol. The average Bonchev–Trinajstić information content (AvgIpc) is 2.95. The minimum Gasteiger partial charge on any atom is -0.393 e. The summed E-state index contributed by atoms with van der Waals surface area (Å²) in [5.41, 5.74) is 4.06. The molecule has 0 aromatic heterocycles. The fourth-order valence-electron chi connectivity index (χ4n) is 7.41. The van der Waals surface area contributed by atoms with Gasteiger partial charge in [-0.25, -0.2) is 0 Å². The van der Waals surface area contributed by atoms with Crippen LogP contribution in [-0.4, -0.2) is 22.4 Å². The molecule has 0 heterocycles. The zero-order valence-electron chi connectivity index (χ0n) is 17.6. The molecule has 0 radical (unpaired) electrons. The Kier molecular flexibility index (Phi) is 4.77. The van der Waals surface area contributed by atoms with Gasteiger partial charge in [0.15, 0.2) is 0 Å². The number of aliphatic hydroxyl groups is 2. The van der Waals surface area contributed by atoms with Gasteiger partial charge in [-0.15, -0.1) is 0 Å². The molecule has 0 spiro atoms. The molecule has 0 bridgehead atoms. The topological polar surface area (TPSA) is 40.5 Å². The predicted octanol–water partition coefficient (Wildman–Crippen LogP) is 6.02. The second-order valence-corrected chi connectivity index (χ2v) is 11.0. The van der Waals surface area contributed by atoms with E-state index in [2.05, 4.69) is 26.0 Å². The Balaban J connectivity index is 1.46. The van der Waals surface area contributed by atoms with Crippen LogP contribution in [0.15, 0.2) is 41.5 Å². The maximum Gasteiger partial charge on any atom is 0.0809 e. The van der Waals surface area contributed by atoms with Crippen LogP contribution in [0.5, 0.6) is 0 Å². The van der Waals surface area contributed by atoms with Gasteiger partial charge in [0.25, 0.3) is 0 Å². The zero-order chi connectivity index (χ0) is 20.4. The number of aliphatic hydroxyl groups excluding tert-OH is 2. The molecular weight excluding hydrogens is 380 g/mol. The number of hydrogen-bond donors (Lipinski definition) is 2. The van der Waals surface area contributed by atoms with Gasteiger partial charge in [-0.1, -0.05) is 55.3 Å². The van der Waals surface area contributed by atoms with Gasteiger partial charge in [0.2, 0.25) is 0 Å². The smallest absolute Gasteiger partial charge is 0.0809 e. The van der Waals surface area contributed by atoms with Crippen LogP contribution in [0, 0.1) is 28.6 Å². The minimum absolute atomic E-state index is 0.0185. The molecule has 29 heavy (non-hydrogen) atoms. The molecule has 4 aliphatic carbocycles. The number of allylic oxidation sites excluding steroid dienone is 1. The molecule has 5 rings (SSSR count). The highest BCUT2D eigenvalue weighted by atomic mass is 35.5. The number of benzene rings is 1. The van der Waals surface area contributed by atoms with Crippen molar-refractivity contribution < 1.29 is 10.2 Å². The Morgan fingerprint density at radius 3 is 2.52 bits per heavy atom. The predicted molar refractivity (Wildman–Crippen MR) is 119 cm³/mol. The van der Waals surface area contributed by atoms with E-state index in [9.17, 15) is 10.2 Å². The summed E-state index contributed by atoms with van der Waals surface area (Å²) in [6, 6.07) is 7.93. The molecule has 7 atom stereocenters. The Hall–Kier alpha value is -1.09. The molecule has 0 unspecified atom stereocenters. The third-order valence-electron chi connectivity index (χ3n) is 9.17. The SMILES string of the molecule is C[C@@]12CC[C@H]3[C@@H](CC=C4C[C@H](O)CC[C@@]43C)[C@H]1C/C(=C\c1ccc(Cl)cc1)[C@@H]2O. The van der Waals surface area contributed by atoms with E-state index in [1.54, 1.807) is 0 Å². The lowest BCUT2D eigenvalue weighted by molar-refractivity contribution is -0.0685. The summed E-state index contributed by atoms with van der Waals surface area (Å²) in [5, 5.41) is 22.3. The van der Waals surface area contributed by atoms with E-state index in [0.717, 1.165) is 49.1 Å². The Bertz CT molecular complexity index is 856. The highest BCUT2D eigenvalue weighted by molar-refractivity contribution is 6.30. The Morgan fingerprint density at radius 2 is 1.76 bits per heavy atom. The molecule has 3 saturated carbocycles.